The molecule has 4 aromatic rings. The molecule has 0 amide bonds. The summed E-state index contributed by atoms with van der Waals surface area (Å²) in [5, 5.41) is 17.3. The van der Waals surface area contributed by atoms with Crippen LogP contribution in [-0.2, 0) is 5.75 Å². The molecule has 0 fully saturated rings. The molecule has 7 nitrogen and oxygen atoms in total. The third-order valence-electron chi connectivity index (χ3n) is 3.62. The summed E-state index contributed by atoms with van der Waals surface area (Å²) >= 11 is 7.20. The highest BCUT2D eigenvalue weighted by Gasteiger charge is 2.15. The molecular formula is C18H13ClN4O3S. The highest BCUT2D eigenvalue weighted by Crippen LogP contribution is 2.30. The van der Waals surface area contributed by atoms with E-state index >= 15 is 0 Å². The summed E-state index contributed by atoms with van der Waals surface area (Å²) in [5.41, 5.74) is 1.54. The van der Waals surface area contributed by atoms with Gasteiger partial charge in [-0.1, -0.05) is 35.5 Å². The van der Waals surface area contributed by atoms with E-state index in [9.17, 15) is 0 Å². The summed E-state index contributed by atoms with van der Waals surface area (Å²) in [6.07, 6.45) is 0. The Morgan fingerprint density at radius 1 is 0.926 bits per heavy atom. The van der Waals surface area contributed by atoms with Gasteiger partial charge in [-0.2, -0.15) is 0 Å². The Hall–Kier alpha value is -2.84. The average molecular weight is 401 g/mol. The van der Waals surface area contributed by atoms with E-state index in [1.165, 1.54) is 11.8 Å². The van der Waals surface area contributed by atoms with E-state index in [1.807, 2.05) is 36.4 Å². The van der Waals surface area contributed by atoms with E-state index < -0.39 is 0 Å². The van der Waals surface area contributed by atoms with Gasteiger partial charge in [0.15, 0.2) is 0 Å². The number of rotatable bonds is 6. The maximum atomic E-state index is 5.89. The van der Waals surface area contributed by atoms with Crippen LogP contribution in [0.5, 0.6) is 5.75 Å². The number of thioether (sulfide) groups is 1. The van der Waals surface area contributed by atoms with Gasteiger partial charge in [-0.25, -0.2) is 0 Å². The van der Waals surface area contributed by atoms with Crippen molar-refractivity contribution >= 4 is 23.4 Å². The molecular weight excluding hydrogens is 388 g/mol. The average Bonchev–Trinajstić information content (AvgIpc) is 3.36. The summed E-state index contributed by atoms with van der Waals surface area (Å²) in [6, 6.07) is 14.6. The summed E-state index contributed by atoms with van der Waals surface area (Å²) in [7, 11) is 1.60. The van der Waals surface area contributed by atoms with Crippen LogP contribution in [0.1, 0.15) is 5.89 Å². The van der Waals surface area contributed by atoms with Crippen LogP contribution in [0.4, 0.5) is 0 Å². The van der Waals surface area contributed by atoms with Gasteiger partial charge in [-0.15, -0.1) is 20.4 Å². The highest BCUT2D eigenvalue weighted by molar-refractivity contribution is 7.98. The van der Waals surface area contributed by atoms with Crippen molar-refractivity contribution in [2.45, 2.75) is 11.0 Å². The Labute approximate surface area is 163 Å². The van der Waals surface area contributed by atoms with Crippen LogP contribution in [-0.4, -0.2) is 27.5 Å². The summed E-state index contributed by atoms with van der Waals surface area (Å²) in [4.78, 5) is 0. The molecule has 27 heavy (non-hydrogen) atoms. The Morgan fingerprint density at radius 2 is 1.70 bits per heavy atom. The minimum absolute atomic E-state index is 0.399. The zero-order valence-corrected chi connectivity index (χ0v) is 15.7. The van der Waals surface area contributed by atoms with Crippen LogP contribution in [0.2, 0.25) is 5.02 Å². The molecule has 0 bridgehead atoms. The molecule has 9 heteroatoms. The first kappa shape index (κ1) is 17.6. The molecule has 0 spiro atoms. The first-order valence-corrected chi connectivity index (χ1v) is 9.27. The molecule has 0 N–H and O–H groups in total. The molecule has 0 unspecified atom stereocenters. The van der Waals surface area contributed by atoms with E-state index in [-0.39, 0.29) is 0 Å². The first-order chi connectivity index (χ1) is 13.2. The minimum atomic E-state index is 0.399. The van der Waals surface area contributed by atoms with Crippen molar-refractivity contribution in [3.05, 3.63) is 59.4 Å². The molecule has 0 saturated carbocycles. The molecule has 136 valence electrons. The Morgan fingerprint density at radius 3 is 2.52 bits per heavy atom. The van der Waals surface area contributed by atoms with Crippen LogP contribution in [0.25, 0.3) is 22.9 Å². The summed E-state index contributed by atoms with van der Waals surface area (Å²) in [6.45, 7) is 0. The van der Waals surface area contributed by atoms with Gasteiger partial charge in [0.1, 0.15) is 5.75 Å². The molecule has 2 heterocycles. The number of ether oxygens (including phenoxy) is 1. The molecule has 2 aromatic heterocycles. The quantitative estimate of drug-likeness (QED) is 0.429. The van der Waals surface area contributed by atoms with Crippen molar-refractivity contribution < 1.29 is 13.6 Å². The molecule has 0 aliphatic carbocycles. The lowest BCUT2D eigenvalue weighted by atomic mass is 10.2. The maximum absolute atomic E-state index is 5.89. The lowest BCUT2D eigenvalue weighted by Crippen LogP contribution is -1.87. The standard InChI is InChI=1S/C18H13ClN4O3S/c1-24-14-5-3-2-4-13(14)17-22-20-15(25-17)10-27-18-23-21-16(26-18)11-6-8-12(19)9-7-11/h2-9H,10H2,1H3. The third-order valence-corrected chi connectivity index (χ3v) is 4.68. The number of halogens is 1. The Balaban J connectivity index is 1.44. The molecule has 4 rings (SSSR count). The zero-order chi connectivity index (χ0) is 18.6. The minimum Gasteiger partial charge on any atom is -0.496 e. The van der Waals surface area contributed by atoms with Crippen LogP contribution < -0.4 is 4.74 Å². The van der Waals surface area contributed by atoms with Crippen molar-refractivity contribution in [3.8, 4) is 28.7 Å². The van der Waals surface area contributed by atoms with Crippen molar-refractivity contribution in [1.82, 2.24) is 20.4 Å². The number of para-hydroxylation sites is 1. The van der Waals surface area contributed by atoms with Gasteiger partial charge >= 0.3 is 0 Å². The zero-order valence-electron chi connectivity index (χ0n) is 14.1. The van der Waals surface area contributed by atoms with Gasteiger partial charge < -0.3 is 13.6 Å². The predicted molar refractivity (Wildman–Crippen MR) is 101 cm³/mol. The number of hydrogen-bond donors (Lipinski definition) is 0. The Kier molecular flexibility index (Phi) is 5.08. The van der Waals surface area contributed by atoms with Gasteiger partial charge in [0.05, 0.1) is 18.4 Å². The molecule has 2 aromatic carbocycles. The summed E-state index contributed by atoms with van der Waals surface area (Å²) in [5.74, 6) is 2.35. The SMILES string of the molecule is COc1ccccc1-c1nnc(CSc2nnc(-c3ccc(Cl)cc3)o2)o1. The number of hydrogen-bond acceptors (Lipinski definition) is 8. The van der Waals surface area contributed by atoms with Crippen LogP contribution >= 0.6 is 23.4 Å². The van der Waals surface area contributed by atoms with Crippen LogP contribution in [0.15, 0.2) is 62.6 Å². The topological polar surface area (TPSA) is 87.1 Å². The second-order valence-electron chi connectivity index (χ2n) is 5.37. The monoisotopic (exact) mass is 400 g/mol. The molecule has 0 atom stereocenters. The van der Waals surface area contributed by atoms with Crippen molar-refractivity contribution in [2.75, 3.05) is 7.11 Å². The first-order valence-electron chi connectivity index (χ1n) is 7.91. The van der Waals surface area contributed by atoms with Crippen molar-refractivity contribution in [1.29, 1.82) is 0 Å². The Bertz CT molecular complexity index is 1050. The number of benzene rings is 2. The maximum Gasteiger partial charge on any atom is 0.277 e. The third kappa shape index (κ3) is 3.96. The lowest BCUT2D eigenvalue weighted by molar-refractivity contribution is 0.413. The molecule has 0 aliphatic heterocycles. The smallest absolute Gasteiger partial charge is 0.277 e. The normalized spacial score (nSPS) is 10.9. The van der Waals surface area contributed by atoms with Gasteiger partial charge in [-0.3, -0.25) is 0 Å². The van der Waals surface area contributed by atoms with Gasteiger partial charge in [0, 0.05) is 10.6 Å². The van der Waals surface area contributed by atoms with E-state index in [0.717, 1.165) is 11.1 Å². The number of nitrogens with zero attached hydrogens (tertiary/aromatic N) is 4. The van der Waals surface area contributed by atoms with Gasteiger partial charge in [0.25, 0.3) is 11.1 Å². The second kappa shape index (κ2) is 7.81. The van der Waals surface area contributed by atoms with E-state index in [2.05, 4.69) is 20.4 Å². The summed E-state index contributed by atoms with van der Waals surface area (Å²) < 4.78 is 16.7. The highest BCUT2D eigenvalue weighted by atomic mass is 35.5. The molecule has 0 radical (unpaired) electrons. The van der Waals surface area contributed by atoms with Gasteiger partial charge in [0.2, 0.25) is 11.8 Å². The lowest BCUT2D eigenvalue weighted by Gasteiger charge is -2.03. The molecule has 0 aliphatic rings. The largest absolute Gasteiger partial charge is 0.496 e. The van der Waals surface area contributed by atoms with E-state index in [0.29, 0.717) is 39.4 Å². The van der Waals surface area contributed by atoms with Crippen LogP contribution in [0.3, 0.4) is 0 Å². The van der Waals surface area contributed by atoms with E-state index in [1.54, 1.807) is 19.2 Å². The van der Waals surface area contributed by atoms with Crippen LogP contribution in [0, 0.1) is 0 Å². The number of methoxy groups -OCH3 is 1. The number of aromatic nitrogens is 4. The fourth-order valence-corrected chi connectivity index (χ4v) is 3.07. The van der Waals surface area contributed by atoms with E-state index in [4.69, 9.17) is 25.2 Å². The van der Waals surface area contributed by atoms with Gasteiger partial charge in [-0.05, 0) is 36.4 Å². The molecule has 0 saturated heterocycles. The fourth-order valence-electron chi connectivity index (χ4n) is 2.34. The van der Waals surface area contributed by atoms with Crippen molar-refractivity contribution in [2.24, 2.45) is 0 Å². The van der Waals surface area contributed by atoms with Crippen molar-refractivity contribution in [3.63, 3.8) is 0 Å². The predicted octanol–water partition coefficient (Wildman–Crippen LogP) is 4.74. The second-order valence-corrected chi connectivity index (χ2v) is 6.73. The fraction of sp³-hybridized carbons (Fsp3) is 0.111.